The maximum Gasteiger partial charge on any atom is 0.119 e. The fraction of sp³-hybridized carbons (Fsp3) is 0.368. The fourth-order valence-corrected chi connectivity index (χ4v) is 2.31. The van der Waals surface area contributed by atoms with Crippen LogP contribution in [0.15, 0.2) is 54.6 Å². The second kappa shape index (κ2) is 8.48. The molecule has 2 aromatic carbocycles. The fourth-order valence-electron chi connectivity index (χ4n) is 2.31. The Morgan fingerprint density at radius 3 is 2.24 bits per heavy atom. The second-order valence-electron chi connectivity index (χ2n) is 5.47. The quantitative estimate of drug-likeness (QED) is 0.721. The van der Waals surface area contributed by atoms with E-state index in [1.54, 1.807) is 0 Å². The zero-order chi connectivity index (χ0) is 14.9. The van der Waals surface area contributed by atoms with Gasteiger partial charge in [0.1, 0.15) is 12.4 Å². The van der Waals surface area contributed by atoms with Crippen LogP contribution in [-0.4, -0.2) is 25.0 Å². The Balaban J connectivity index is 1.79. The monoisotopic (exact) mass is 283 g/mol. The maximum atomic E-state index is 5.80. The Bertz CT molecular complexity index is 507. The van der Waals surface area contributed by atoms with E-state index >= 15 is 0 Å². The molecule has 2 heteroatoms. The highest BCUT2D eigenvalue weighted by molar-refractivity contribution is 5.28. The Morgan fingerprint density at radius 2 is 1.57 bits per heavy atom. The van der Waals surface area contributed by atoms with E-state index in [1.165, 1.54) is 17.5 Å². The van der Waals surface area contributed by atoms with Crippen LogP contribution < -0.4 is 4.74 Å². The normalized spacial score (nSPS) is 10.8. The maximum absolute atomic E-state index is 5.80. The molecular formula is C19H25NO. The smallest absolute Gasteiger partial charge is 0.119 e. The van der Waals surface area contributed by atoms with Gasteiger partial charge in [-0.1, -0.05) is 49.4 Å². The topological polar surface area (TPSA) is 12.5 Å². The van der Waals surface area contributed by atoms with Crippen molar-refractivity contribution < 1.29 is 4.74 Å². The molecule has 0 atom stereocenters. The van der Waals surface area contributed by atoms with Crippen molar-refractivity contribution in [1.29, 1.82) is 0 Å². The van der Waals surface area contributed by atoms with E-state index in [9.17, 15) is 0 Å². The third-order valence-corrected chi connectivity index (χ3v) is 3.56. The van der Waals surface area contributed by atoms with Crippen molar-refractivity contribution >= 4 is 0 Å². The van der Waals surface area contributed by atoms with Gasteiger partial charge in [-0.25, -0.2) is 0 Å². The van der Waals surface area contributed by atoms with Crippen molar-refractivity contribution in [2.45, 2.75) is 26.4 Å². The molecule has 0 N–H and O–H groups in total. The number of hydrogen-bond donors (Lipinski definition) is 0. The van der Waals surface area contributed by atoms with Gasteiger partial charge in [-0.3, -0.25) is 0 Å². The Kier molecular flexibility index (Phi) is 6.29. The molecule has 0 amide bonds. The SMILES string of the molecule is CCCN(C)CCc1ccc(OCc2ccccc2)cc1. The molecule has 0 aromatic heterocycles. The van der Waals surface area contributed by atoms with Gasteiger partial charge in [0.15, 0.2) is 0 Å². The van der Waals surface area contributed by atoms with Crippen LogP contribution in [0.3, 0.4) is 0 Å². The summed E-state index contributed by atoms with van der Waals surface area (Å²) in [5, 5.41) is 0. The van der Waals surface area contributed by atoms with Gasteiger partial charge in [0.05, 0.1) is 0 Å². The Labute approximate surface area is 128 Å². The summed E-state index contributed by atoms with van der Waals surface area (Å²) >= 11 is 0. The van der Waals surface area contributed by atoms with Gasteiger partial charge in [0.2, 0.25) is 0 Å². The van der Waals surface area contributed by atoms with E-state index in [2.05, 4.69) is 55.3 Å². The van der Waals surface area contributed by atoms with Crippen LogP contribution in [0.4, 0.5) is 0 Å². The van der Waals surface area contributed by atoms with Crippen LogP contribution in [0.1, 0.15) is 24.5 Å². The largest absolute Gasteiger partial charge is 0.489 e. The van der Waals surface area contributed by atoms with Crippen molar-refractivity contribution in [3.05, 3.63) is 65.7 Å². The minimum Gasteiger partial charge on any atom is -0.489 e. The molecule has 0 heterocycles. The first kappa shape index (κ1) is 15.6. The lowest BCUT2D eigenvalue weighted by molar-refractivity contribution is 0.306. The molecule has 0 unspecified atom stereocenters. The summed E-state index contributed by atoms with van der Waals surface area (Å²) in [6, 6.07) is 18.7. The molecule has 0 aliphatic heterocycles. The van der Waals surface area contributed by atoms with Crippen LogP contribution >= 0.6 is 0 Å². The molecule has 0 aliphatic carbocycles. The molecule has 2 aromatic rings. The first-order valence-electron chi connectivity index (χ1n) is 7.72. The summed E-state index contributed by atoms with van der Waals surface area (Å²) in [6.07, 6.45) is 2.30. The molecule has 21 heavy (non-hydrogen) atoms. The van der Waals surface area contributed by atoms with Crippen LogP contribution in [0, 0.1) is 0 Å². The highest BCUT2D eigenvalue weighted by Crippen LogP contribution is 2.14. The third-order valence-electron chi connectivity index (χ3n) is 3.56. The molecule has 0 saturated carbocycles. The predicted molar refractivity (Wildman–Crippen MR) is 88.7 cm³/mol. The van der Waals surface area contributed by atoms with E-state index in [0.29, 0.717) is 6.61 Å². The summed E-state index contributed by atoms with van der Waals surface area (Å²) < 4.78 is 5.80. The van der Waals surface area contributed by atoms with E-state index in [-0.39, 0.29) is 0 Å². The lowest BCUT2D eigenvalue weighted by Gasteiger charge is -2.15. The minimum absolute atomic E-state index is 0.624. The highest BCUT2D eigenvalue weighted by Gasteiger charge is 2.00. The van der Waals surface area contributed by atoms with Gasteiger partial charge >= 0.3 is 0 Å². The summed E-state index contributed by atoms with van der Waals surface area (Å²) in [6.45, 7) is 5.12. The van der Waals surface area contributed by atoms with Crippen LogP contribution in [-0.2, 0) is 13.0 Å². The minimum atomic E-state index is 0.624. The van der Waals surface area contributed by atoms with Crippen molar-refractivity contribution in [3.8, 4) is 5.75 Å². The predicted octanol–water partition coefficient (Wildman–Crippen LogP) is 4.15. The summed E-state index contributed by atoms with van der Waals surface area (Å²) in [5.74, 6) is 0.935. The van der Waals surface area contributed by atoms with Crippen molar-refractivity contribution in [2.75, 3.05) is 20.1 Å². The van der Waals surface area contributed by atoms with E-state index in [4.69, 9.17) is 4.74 Å². The van der Waals surface area contributed by atoms with Gasteiger partial charge in [0.25, 0.3) is 0 Å². The van der Waals surface area contributed by atoms with Gasteiger partial charge < -0.3 is 9.64 Å². The number of likely N-dealkylation sites (N-methyl/N-ethyl adjacent to an activating group) is 1. The standard InChI is InChI=1S/C19H25NO/c1-3-14-20(2)15-13-17-9-11-19(12-10-17)21-16-18-7-5-4-6-8-18/h4-12H,3,13-16H2,1-2H3. The van der Waals surface area contributed by atoms with Crippen molar-refractivity contribution in [2.24, 2.45) is 0 Å². The molecule has 0 fully saturated rings. The van der Waals surface area contributed by atoms with E-state index < -0.39 is 0 Å². The Morgan fingerprint density at radius 1 is 0.857 bits per heavy atom. The van der Waals surface area contributed by atoms with Gasteiger partial charge in [0, 0.05) is 6.54 Å². The number of rotatable bonds is 8. The molecule has 0 bridgehead atoms. The number of nitrogens with zero attached hydrogens (tertiary/aromatic N) is 1. The molecule has 0 saturated heterocycles. The van der Waals surface area contributed by atoms with E-state index in [1.807, 2.05) is 18.2 Å². The second-order valence-corrected chi connectivity index (χ2v) is 5.47. The molecule has 0 spiro atoms. The molecule has 2 rings (SSSR count). The van der Waals surface area contributed by atoms with Crippen LogP contribution in [0.2, 0.25) is 0 Å². The van der Waals surface area contributed by atoms with E-state index in [0.717, 1.165) is 25.3 Å². The third kappa shape index (κ3) is 5.60. The zero-order valence-corrected chi connectivity index (χ0v) is 13.1. The average molecular weight is 283 g/mol. The summed E-state index contributed by atoms with van der Waals surface area (Å²) in [5.41, 5.74) is 2.56. The molecule has 2 nitrogen and oxygen atoms in total. The van der Waals surface area contributed by atoms with Gasteiger partial charge in [-0.2, -0.15) is 0 Å². The molecular weight excluding hydrogens is 258 g/mol. The first-order chi connectivity index (χ1) is 10.3. The number of hydrogen-bond acceptors (Lipinski definition) is 2. The molecule has 112 valence electrons. The molecule has 0 radical (unpaired) electrons. The molecule has 0 aliphatic rings. The summed E-state index contributed by atoms with van der Waals surface area (Å²) in [7, 11) is 2.18. The number of benzene rings is 2. The highest BCUT2D eigenvalue weighted by atomic mass is 16.5. The first-order valence-corrected chi connectivity index (χ1v) is 7.72. The average Bonchev–Trinajstić information content (AvgIpc) is 2.53. The summed E-state index contributed by atoms with van der Waals surface area (Å²) in [4.78, 5) is 2.37. The number of ether oxygens (including phenoxy) is 1. The van der Waals surface area contributed by atoms with Crippen molar-refractivity contribution in [3.63, 3.8) is 0 Å². The van der Waals surface area contributed by atoms with Crippen molar-refractivity contribution in [1.82, 2.24) is 4.90 Å². The lowest BCUT2D eigenvalue weighted by Crippen LogP contribution is -2.21. The van der Waals surface area contributed by atoms with Gasteiger partial charge in [-0.05, 0) is 49.7 Å². The van der Waals surface area contributed by atoms with Crippen LogP contribution in [0.25, 0.3) is 0 Å². The Hall–Kier alpha value is -1.80. The van der Waals surface area contributed by atoms with Crippen LogP contribution in [0.5, 0.6) is 5.75 Å². The zero-order valence-electron chi connectivity index (χ0n) is 13.1. The van der Waals surface area contributed by atoms with Gasteiger partial charge in [-0.15, -0.1) is 0 Å². The lowest BCUT2D eigenvalue weighted by atomic mass is 10.1.